The lowest BCUT2D eigenvalue weighted by Crippen LogP contribution is -2.51. The van der Waals surface area contributed by atoms with Crippen LogP contribution < -0.4 is 10.5 Å². The van der Waals surface area contributed by atoms with Gasteiger partial charge in [-0.05, 0) is 73.6 Å². The van der Waals surface area contributed by atoms with Crippen LogP contribution in [0.25, 0.3) is 0 Å². The Bertz CT molecular complexity index is 1170. The largest absolute Gasteiger partial charge is 0.483 e. The molecule has 1 aliphatic heterocycles. The van der Waals surface area contributed by atoms with Gasteiger partial charge in [0.25, 0.3) is 11.8 Å². The van der Waals surface area contributed by atoms with Crippen molar-refractivity contribution in [2.75, 3.05) is 32.8 Å². The van der Waals surface area contributed by atoms with Gasteiger partial charge in [0, 0.05) is 26.2 Å². The van der Waals surface area contributed by atoms with Crippen molar-refractivity contribution in [2.24, 2.45) is 5.73 Å². The number of carbonyl (C=O) groups excluding carboxylic acids is 2. The smallest absolute Gasteiger partial charge is 0.260 e. The first-order valence-electron chi connectivity index (χ1n) is 11.2. The minimum Gasteiger partial charge on any atom is -0.483 e. The monoisotopic (exact) mass is 471 g/mol. The van der Waals surface area contributed by atoms with Gasteiger partial charge in [0.15, 0.2) is 6.61 Å². The number of primary amides is 1. The zero-order valence-electron chi connectivity index (χ0n) is 18.7. The maximum atomic E-state index is 13.1. The average molecular weight is 472 g/mol. The molecule has 33 heavy (non-hydrogen) atoms. The van der Waals surface area contributed by atoms with Crippen molar-refractivity contribution in [3.05, 3.63) is 58.7 Å². The molecule has 8 nitrogen and oxygen atoms in total. The van der Waals surface area contributed by atoms with Crippen LogP contribution in [0.2, 0.25) is 0 Å². The van der Waals surface area contributed by atoms with E-state index in [-0.39, 0.29) is 50.0 Å². The number of benzene rings is 2. The van der Waals surface area contributed by atoms with Crippen LogP contribution in [-0.2, 0) is 27.7 Å². The van der Waals surface area contributed by atoms with E-state index in [2.05, 4.69) is 0 Å². The summed E-state index contributed by atoms with van der Waals surface area (Å²) in [5.74, 6) is -0.624. The van der Waals surface area contributed by atoms with Crippen LogP contribution in [0.3, 0.4) is 0 Å². The van der Waals surface area contributed by atoms with Crippen molar-refractivity contribution < 1.29 is 22.7 Å². The third-order valence-corrected chi connectivity index (χ3v) is 8.20. The number of sulfonamides is 1. The third kappa shape index (κ3) is 5.04. The van der Waals surface area contributed by atoms with Gasteiger partial charge in [0.1, 0.15) is 5.75 Å². The molecule has 1 saturated heterocycles. The molecular weight excluding hydrogens is 442 g/mol. The SMILES string of the molecule is Cc1ccc(C(N)=O)c(OCC(=O)N2CCN(S(=O)(=O)c3ccc4c(c3)CCCC4)CC2)c1. The number of nitrogens with zero attached hydrogens (tertiary/aromatic N) is 2. The van der Waals surface area contributed by atoms with E-state index >= 15 is 0 Å². The highest BCUT2D eigenvalue weighted by molar-refractivity contribution is 7.89. The highest BCUT2D eigenvalue weighted by Gasteiger charge is 2.31. The third-order valence-electron chi connectivity index (χ3n) is 6.30. The fourth-order valence-electron chi connectivity index (χ4n) is 4.38. The second kappa shape index (κ2) is 9.52. The van der Waals surface area contributed by atoms with Gasteiger partial charge in [-0.3, -0.25) is 9.59 Å². The summed E-state index contributed by atoms with van der Waals surface area (Å²) in [6, 6.07) is 10.4. The number of aryl methyl sites for hydroxylation is 3. The van der Waals surface area contributed by atoms with Gasteiger partial charge in [0.05, 0.1) is 10.5 Å². The fourth-order valence-corrected chi connectivity index (χ4v) is 5.85. The molecule has 2 aromatic carbocycles. The molecule has 0 aromatic heterocycles. The van der Waals surface area contributed by atoms with Crippen LogP contribution in [0, 0.1) is 6.92 Å². The summed E-state index contributed by atoms with van der Waals surface area (Å²) >= 11 is 0. The molecule has 9 heteroatoms. The van der Waals surface area contributed by atoms with E-state index in [1.165, 1.54) is 9.87 Å². The topological polar surface area (TPSA) is 110 Å². The summed E-state index contributed by atoms with van der Waals surface area (Å²) < 4.78 is 33.3. The van der Waals surface area contributed by atoms with E-state index in [1.807, 2.05) is 19.1 Å². The zero-order chi connectivity index (χ0) is 23.6. The molecule has 4 rings (SSSR count). The predicted molar refractivity (Wildman–Crippen MR) is 124 cm³/mol. The molecule has 2 N–H and O–H groups in total. The van der Waals surface area contributed by atoms with Crippen molar-refractivity contribution in [1.29, 1.82) is 0 Å². The Morgan fingerprint density at radius 1 is 0.970 bits per heavy atom. The normalized spacial score (nSPS) is 16.8. The number of nitrogens with two attached hydrogens (primary N) is 1. The quantitative estimate of drug-likeness (QED) is 0.692. The van der Waals surface area contributed by atoms with Crippen molar-refractivity contribution in [3.63, 3.8) is 0 Å². The van der Waals surface area contributed by atoms with Crippen molar-refractivity contribution in [3.8, 4) is 5.75 Å². The van der Waals surface area contributed by atoms with Crippen LogP contribution >= 0.6 is 0 Å². The van der Waals surface area contributed by atoms with Crippen LogP contribution in [-0.4, -0.2) is 62.2 Å². The van der Waals surface area contributed by atoms with Gasteiger partial charge in [-0.25, -0.2) is 8.42 Å². The molecule has 0 unspecified atom stereocenters. The molecule has 2 aromatic rings. The molecule has 176 valence electrons. The van der Waals surface area contributed by atoms with Crippen molar-refractivity contribution in [1.82, 2.24) is 9.21 Å². The van der Waals surface area contributed by atoms with Crippen LogP contribution in [0.4, 0.5) is 0 Å². The Kier molecular flexibility index (Phi) is 6.71. The second-order valence-electron chi connectivity index (χ2n) is 8.58. The first-order valence-corrected chi connectivity index (χ1v) is 12.6. The lowest BCUT2D eigenvalue weighted by Gasteiger charge is -2.34. The Morgan fingerprint density at radius 2 is 1.67 bits per heavy atom. The van der Waals surface area contributed by atoms with E-state index in [1.54, 1.807) is 29.2 Å². The van der Waals surface area contributed by atoms with Gasteiger partial charge in [-0.2, -0.15) is 4.31 Å². The molecule has 0 spiro atoms. The molecule has 0 radical (unpaired) electrons. The molecule has 0 saturated carbocycles. The molecule has 0 atom stereocenters. The predicted octanol–water partition coefficient (Wildman–Crippen LogP) is 1.88. The van der Waals surface area contributed by atoms with Gasteiger partial charge >= 0.3 is 0 Å². The van der Waals surface area contributed by atoms with Crippen molar-refractivity contribution >= 4 is 21.8 Å². The molecule has 1 fully saturated rings. The Morgan fingerprint density at radius 3 is 2.36 bits per heavy atom. The van der Waals surface area contributed by atoms with E-state index in [9.17, 15) is 18.0 Å². The summed E-state index contributed by atoms with van der Waals surface area (Å²) in [5.41, 5.74) is 8.84. The number of hydrogen-bond acceptors (Lipinski definition) is 5. The van der Waals surface area contributed by atoms with E-state index in [4.69, 9.17) is 10.5 Å². The van der Waals surface area contributed by atoms with E-state index < -0.39 is 15.9 Å². The summed E-state index contributed by atoms with van der Waals surface area (Å²) in [7, 11) is -3.61. The first-order chi connectivity index (χ1) is 15.8. The van der Waals surface area contributed by atoms with Crippen LogP contribution in [0.15, 0.2) is 41.3 Å². The van der Waals surface area contributed by atoms with Crippen LogP contribution in [0.1, 0.15) is 39.9 Å². The zero-order valence-corrected chi connectivity index (χ0v) is 19.6. The Hall–Kier alpha value is -2.91. The molecule has 2 aliphatic rings. The number of piperazine rings is 1. The minimum atomic E-state index is -3.61. The molecule has 2 amide bonds. The molecule has 1 heterocycles. The number of hydrogen-bond donors (Lipinski definition) is 1. The summed E-state index contributed by atoms with van der Waals surface area (Å²) in [4.78, 5) is 26.1. The van der Waals surface area contributed by atoms with E-state index in [0.717, 1.165) is 36.8 Å². The molecule has 1 aliphatic carbocycles. The number of rotatable bonds is 6. The fraction of sp³-hybridized carbons (Fsp3) is 0.417. The maximum absolute atomic E-state index is 13.1. The first kappa shape index (κ1) is 23.3. The molecular formula is C24H29N3O5S. The summed E-state index contributed by atoms with van der Waals surface area (Å²) in [6.07, 6.45) is 4.15. The number of amides is 2. The van der Waals surface area contributed by atoms with E-state index in [0.29, 0.717) is 4.90 Å². The highest BCUT2D eigenvalue weighted by Crippen LogP contribution is 2.26. The second-order valence-corrected chi connectivity index (χ2v) is 10.5. The average Bonchev–Trinajstić information content (AvgIpc) is 2.82. The molecule has 0 bridgehead atoms. The van der Waals surface area contributed by atoms with Gasteiger partial charge in [-0.1, -0.05) is 12.1 Å². The van der Waals surface area contributed by atoms with Crippen molar-refractivity contribution in [2.45, 2.75) is 37.5 Å². The lowest BCUT2D eigenvalue weighted by molar-refractivity contribution is -0.134. The number of carbonyl (C=O) groups is 2. The summed E-state index contributed by atoms with van der Waals surface area (Å²) in [5, 5.41) is 0. The number of fused-ring (bicyclic) bond motifs is 1. The van der Waals surface area contributed by atoms with Crippen LogP contribution in [0.5, 0.6) is 5.75 Å². The Balaban J connectivity index is 1.36. The maximum Gasteiger partial charge on any atom is 0.260 e. The number of ether oxygens (including phenoxy) is 1. The van der Waals surface area contributed by atoms with Gasteiger partial charge in [0.2, 0.25) is 10.0 Å². The Labute approximate surface area is 194 Å². The minimum absolute atomic E-state index is 0.217. The summed E-state index contributed by atoms with van der Waals surface area (Å²) in [6.45, 7) is 2.61. The highest BCUT2D eigenvalue weighted by atomic mass is 32.2. The lowest BCUT2D eigenvalue weighted by atomic mass is 9.92. The standard InChI is InChI=1S/C24H29N3O5S/c1-17-6-9-21(24(25)29)22(14-17)32-16-23(28)26-10-12-27(13-11-26)33(30,31)20-8-7-18-4-2-3-5-19(18)15-20/h6-9,14-15H,2-5,10-13,16H2,1H3,(H2,25,29). The van der Waals surface area contributed by atoms with Gasteiger partial charge < -0.3 is 15.4 Å². The van der Waals surface area contributed by atoms with Gasteiger partial charge in [-0.15, -0.1) is 0 Å².